The maximum atomic E-state index is 12.8. The van der Waals surface area contributed by atoms with Crippen LogP contribution in [0.5, 0.6) is 11.5 Å². The van der Waals surface area contributed by atoms with E-state index >= 15 is 0 Å². The maximum absolute atomic E-state index is 12.8. The van der Waals surface area contributed by atoms with Gasteiger partial charge in [-0.1, -0.05) is 5.21 Å². The van der Waals surface area contributed by atoms with Gasteiger partial charge in [0.15, 0.2) is 0 Å². The van der Waals surface area contributed by atoms with Gasteiger partial charge in [0.2, 0.25) is 15.9 Å². The van der Waals surface area contributed by atoms with Gasteiger partial charge in [-0.15, -0.1) is 5.10 Å². The fourth-order valence-corrected chi connectivity index (χ4v) is 5.20. The summed E-state index contributed by atoms with van der Waals surface area (Å²) in [5, 5.41) is 11.0. The van der Waals surface area contributed by atoms with Gasteiger partial charge in [-0.05, 0) is 31.0 Å². The average Bonchev–Trinajstić information content (AvgIpc) is 3.47. The van der Waals surface area contributed by atoms with Crippen molar-refractivity contribution in [3.05, 3.63) is 36.4 Å². The van der Waals surface area contributed by atoms with E-state index in [1.165, 1.54) is 24.6 Å². The van der Waals surface area contributed by atoms with Crippen molar-refractivity contribution in [3.63, 3.8) is 0 Å². The SMILES string of the molecule is COc1cc(NC(=O)CCn2nnc3cc(S(=O)(=O)N4CCCC4)ccc32)cc(OC)c1. The topological polar surface area (TPSA) is 116 Å². The van der Waals surface area contributed by atoms with Crippen LogP contribution < -0.4 is 14.8 Å². The molecule has 0 radical (unpaired) electrons. The summed E-state index contributed by atoms with van der Waals surface area (Å²) in [6.07, 6.45) is 1.91. The van der Waals surface area contributed by atoms with E-state index in [4.69, 9.17) is 9.47 Å². The first-order valence-electron chi connectivity index (χ1n) is 10.3. The average molecular weight is 460 g/mol. The Morgan fingerprint density at radius 2 is 1.75 bits per heavy atom. The molecule has 11 heteroatoms. The monoisotopic (exact) mass is 459 g/mol. The highest BCUT2D eigenvalue weighted by atomic mass is 32.2. The molecule has 1 aliphatic heterocycles. The molecule has 10 nitrogen and oxygen atoms in total. The molecule has 4 rings (SSSR count). The van der Waals surface area contributed by atoms with Gasteiger partial charge in [0.05, 0.1) is 31.2 Å². The third-order valence-electron chi connectivity index (χ3n) is 5.37. The Balaban J connectivity index is 1.44. The van der Waals surface area contributed by atoms with Gasteiger partial charge in [-0.2, -0.15) is 4.31 Å². The van der Waals surface area contributed by atoms with Crippen LogP contribution in [-0.4, -0.2) is 60.9 Å². The number of aromatic nitrogens is 3. The van der Waals surface area contributed by atoms with Crippen LogP contribution >= 0.6 is 0 Å². The molecule has 32 heavy (non-hydrogen) atoms. The molecule has 1 aliphatic rings. The number of carbonyl (C=O) groups excluding carboxylic acids is 1. The fraction of sp³-hybridized carbons (Fsp3) is 0.381. The molecule has 0 atom stereocenters. The van der Waals surface area contributed by atoms with Gasteiger partial charge >= 0.3 is 0 Å². The summed E-state index contributed by atoms with van der Waals surface area (Å²) in [7, 11) is -0.442. The number of rotatable bonds is 8. The molecule has 0 spiro atoms. The van der Waals surface area contributed by atoms with Gasteiger partial charge in [-0.25, -0.2) is 13.1 Å². The second kappa shape index (κ2) is 9.13. The molecule has 1 fully saturated rings. The predicted octanol–water partition coefficient (Wildman–Crippen LogP) is 2.26. The molecule has 170 valence electrons. The fourth-order valence-electron chi connectivity index (χ4n) is 3.67. The highest BCUT2D eigenvalue weighted by Crippen LogP contribution is 2.26. The Kier molecular flexibility index (Phi) is 6.28. The zero-order valence-corrected chi connectivity index (χ0v) is 18.8. The predicted molar refractivity (Wildman–Crippen MR) is 118 cm³/mol. The van der Waals surface area contributed by atoms with Gasteiger partial charge in [0.25, 0.3) is 0 Å². The number of nitrogens with one attached hydrogen (secondary N) is 1. The molecule has 2 heterocycles. The van der Waals surface area contributed by atoms with Crippen LogP contribution in [0.2, 0.25) is 0 Å². The van der Waals surface area contributed by atoms with Crippen molar-refractivity contribution < 1.29 is 22.7 Å². The molecule has 0 saturated carbocycles. The summed E-state index contributed by atoms with van der Waals surface area (Å²) < 4.78 is 39.0. The van der Waals surface area contributed by atoms with Gasteiger partial charge in [0, 0.05) is 43.4 Å². The number of hydrogen-bond donors (Lipinski definition) is 1. The molecule has 2 aromatic carbocycles. The van der Waals surface area contributed by atoms with E-state index in [0.717, 1.165) is 12.8 Å². The second-order valence-electron chi connectivity index (χ2n) is 7.47. The number of anilines is 1. The second-order valence-corrected chi connectivity index (χ2v) is 9.41. The van der Waals surface area contributed by atoms with Crippen molar-refractivity contribution in [3.8, 4) is 11.5 Å². The van der Waals surface area contributed by atoms with Crippen molar-refractivity contribution in [2.45, 2.75) is 30.7 Å². The first kappa shape index (κ1) is 22.0. The lowest BCUT2D eigenvalue weighted by Crippen LogP contribution is -2.27. The van der Waals surface area contributed by atoms with Crippen LogP contribution in [0.3, 0.4) is 0 Å². The highest BCUT2D eigenvalue weighted by molar-refractivity contribution is 7.89. The maximum Gasteiger partial charge on any atom is 0.243 e. The molecule has 0 aliphatic carbocycles. The Bertz CT molecular complexity index is 1210. The van der Waals surface area contributed by atoms with Crippen LogP contribution in [0.25, 0.3) is 11.0 Å². The number of benzene rings is 2. The number of nitrogens with zero attached hydrogens (tertiary/aromatic N) is 4. The number of sulfonamides is 1. The molecule has 3 aromatic rings. The highest BCUT2D eigenvalue weighted by Gasteiger charge is 2.27. The van der Waals surface area contributed by atoms with E-state index in [2.05, 4.69) is 15.6 Å². The summed E-state index contributed by atoms with van der Waals surface area (Å²) in [5.74, 6) is 0.931. The molecule has 0 bridgehead atoms. The van der Waals surface area contributed by atoms with Crippen LogP contribution in [0.1, 0.15) is 19.3 Å². The molecule has 0 unspecified atom stereocenters. The normalized spacial score (nSPS) is 14.6. The number of fused-ring (bicyclic) bond motifs is 1. The third kappa shape index (κ3) is 4.53. The first-order chi connectivity index (χ1) is 15.4. The largest absolute Gasteiger partial charge is 0.497 e. The van der Waals surface area contributed by atoms with E-state index < -0.39 is 10.0 Å². The van der Waals surface area contributed by atoms with Crippen LogP contribution in [0.4, 0.5) is 5.69 Å². The summed E-state index contributed by atoms with van der Waals surface area (Å²) in [6, 6.07) is 9.91. The molecule has 1 N–H and O–H groups in total. The van der Waals surface area contributed by atoms with E-state index in [-0.39, 0.29) is 17.2 Å². The summed E-state index contributed by atoms with van der Waals surface area (Å²) in [5.41, 5.74) is 1.70. The minimum absolute atomic E-state index is 0.159. The number of aryl methyl sites for hydroxylation is 1. The summed E-state index contributed by atoms with van der Waals surface area (Å²) in [4.78, 5) is 12.6. The van der Waals surface area contributed by atoms with Crippen molar-refractivity contribution in [2.75, 3.05) is 32.6 Å². The lowest BCUT2D eigenvalue weighted by atomic mass is 10.2. The lowest BCUT2D eigenvalue weighted by Gasteiger charge is -2.15. The number of carbonyl (C=O) groups is 1. The number of amides is 1. The Hall–Kier alpha value is -3.18. The Morgan fingerprint density at radius 1 is 1.06 bits per heavy atom. The van der Waals surface area contributed by atoms with E-state index in [1.54, 1.807) is 35.0 Å². The minimum atomic E-state index is -3.52. The molecule has 1 aromatic heterocycles. The quantitative estimate of drug-likeness (QED) is 0.549. The zero-order chi connectivity index (χ0) is 22.7. The van der Waals surface area contributed by atoms with Crippen LogP contribution in [-0.2, 0) is 21.4 Å². The molecular weight excluding hydrogens is 434 g/mol. The Morgan fingerprint density at radius 3 is 2.41 bits per heavy atom. The van der Waals surface area contributed by atoms with Crippen LogP contribution in [0, 0.1) is 0 Å². The van der Waals surface area contributed by atoms with Crippen molar-refractivity contribution >= 4 is 32.7 Å². The zero-order valence-electron chi connectivity index (χ0n) is 17.9. The van der Waals surface area contributed by atoms with Crippen molar-refractivity contribution in [1.82, 2.24) is 19.3 Å². The molecule has 1 amide bonds. The third-order valence-corrected chi connectivity index (χ3v) is 7.27. The van der Waals surface area contributed by atoms with Crippen molar-refractivity contribution in [1.29, 1.82) is 0 Å². The minimum Gasteiger partial charge on any atom is -0.497 e. The number of methoxy groups -OCH3 is 2. The van der Waals surface area contributed by atoms with Crippen LogP contribution in [0.15, 0.2) is 41.3 Å². The van der Waals surface area contributed by atoms with E-state index in [9.17, 15) is 13.2 Å². The molecular formula is C21H25N5O5S. The first-order valence-corrected chi connectivity index (χ1v) is 11.7. The summed E-state index contributed by atoms with van der Waals surface area (Å²) >= 11 is 0. The number of hydrogen-bond acceptors (Lipinski definition) is 7. The summed E-state index contributed by atoms with van der Waals surface area (Å²) in [6.45, 7) is 1.38. The van der Waals surface area contributed by atoms with E-state index in [0.29, 0.717) is 47.9 Å². The lowest BCUT2D eigenvalue weighted by molar-refractivity contribution is -0.116. The van der Waals surface area contributed by atoms with E-state index in [1.807, 2.05) is 0 Å². The van der Waals surface area contributed by atoms with Gasteiger partial charge in [-0.3, -0.25) is 4.79 Å². The molecule has 1 saturated heterocycles. The smallest absolute Gasteiger partial charge is 0.243 e. The Labute approximate surface area is 186 Å². The number of ether oxygens (including phenoxy) is 2. The van der Waals surface area contributed by atoms with Crippen molar-refractivity contribution in [2.24, 2.45) is 0 Å². The van der Waals surface area contributed by atoms with Gasteiger partial charge < -0.3 is 14.8 Å². The standard InChI is InChI=1S/C21H25N5O5S/c1-30-16-11-15(12-17(13-16)31-2)22-21(27)7-10-26-20-6-5-18(14-19(20)23-24-26)32(28,29)25-8-3-4-9-25/h5-6,11-14H,3-4,7-10H2,1-2H3,(H,22,27). The van der Waals surface area contributed by atoms with Gasteiger partial charge in [0.1, 0.15) is 17.0 Å².